The molecule has 1 amide bonds. The summed E-state index contributed by atoms with van der Waals surface area (Å²) in [6.45, 7) is 3.93. The van der Waals surface area contributed by atoms with E-state index in [1.165, 1.54) is 0 Å². The Morgan fingerprint density at radius 1 is 1.38 bits per heavy atom. The van der Waals surface area contributed by atoms with E-state index in [-0.39, 0.29) is 24.0 Å². The van der Waals surface area contributed by atoms with Gasteiger partial charge in [-0.25, -0.2) is 0 Å². The summed E-state index contributed by atoms with van der Waals surface area (Å²) in [4.78, 5) is 12.4. The van der Waals surface area contributed by atoms with Gasteiger partial charge in [0.1, 0.15) is 11.9 Å². The van der Waals surface area contributed by atoms with E-state index < -0.39 is 0 Å². The van der Waals surface area contributed by atoms with E-state index >= 15 is 0 Å². The van der Waals surface area contributed by atoms with E-state index in [1.54, 1.807) is 0 Å². The lowest BCUT2D eigenvalue weighted by molar-refractivity contribution is -0.126. The Hall–Kier alpha value is -1.59. The van der Waals surface area contributed by atoms with Gasteiger partial charge >= 0.3 is 0 Å². The van der Waals surface area contributed by atoms with E-state index in [4.69, 9.17) is 15.2 Å². The van der Waals surface area contributed by atoms with Gasteiger partial charge in [0.05, 0.1) is 13.2 Å². The van der Waals surface area contributed by atoms with Crippen molar-refractivity contribution in [2.75, 3.05) is 13.2 Å². The average molecular weight is 332 g/mol. The molecule has 5 heteroatoms. The molecule has 3 atom stereocenters. The fourth-order valence-electron chi connectivity index (χ4n) is 3.50. The van der Waals surface area contributed by atoms with Crippen LogP contribution in [0.1, 0.15) is 43.2 Å². The van der Waals surface area contributed by atoms with Gasteiger partial charge in [-0.2, -0.15) is 0 Å². The molecule has 1 aromatic carbocycles. The van der Waals surface area contributed by atoms with Crippen molar-refractivity contribution in [3.63, 3.8) is 0 Å². The van der Waals surface area contributed by atoms with Crippen molar-refractivity contribution < 1.29 is 14.3 Å². The number of nitrogens with two attached hydrogens (primary N) is 1. The predicted molar refractivity (Wildman–Crippen MR) is 92.8 cm³/mol. The van der Waals surface area contributed by atoms with Crippen molar-refractivity contribution in [3.05, 3.63) is 29.3 Å². The third-order valence-corrected chi connectivity index (χ3v) is 4.94. The van der Waals surface area contributed by atoms with Gasteiger partial charge < -0.3 is 20.5 Å². The summed E-state index contributed by atoms with van der Waals surface area (Å²) in [5, 5.41) is 3.07. The molecule has 1 aliphatic carbocycles. The zero-order chi connectivity index (χ0) is 16.9. The number of amides is 1. The molecule has 1 aromatic rings. The van der Waals surface area contributed by atoms with Crippen molar-refractivity contribution in [1.82, 2.24) is 5.32 Å². The smallest absolute Gasteiger partial charge is 0.223 e. The van der Waals surface area contributed by atoms with Gasteiger partial charge in [-0.3, -0.25) is 4.79 Å². The standard InChI is InChI=1S/C19H28N2O3/c1-13-5-6-15(18(9-13)24-17-7-8-23-12-17)11-21-19(22)14-3-2-4-16(20)10-14/h5-6,9,14,16-17H,2-4,7-8,10-12,20H2,1H3,(H,21,22)/t14-,16-,17+/m1/s1. The molecule has 0 bridgehead atoms. The molecule has 3 N–H and O–H groups in total. The normalized spacial score (nSPS) is 27.0. The third kappa shape index (κ3) is 4.48. The lowest BCUT2D eigenvalue weighted by atomic mass is 9.85. The third-order valence-electron chi connectivity index (χ3n) is 4.94. The van der Waals surface area contributed by atoms with Gasteiger partial charge in [0, 0.05) is 30.5 Å². The van der Waals surface area contributed by atoms with Crippen LogP contribution in [0.15, 0.2) is 18.2 Å². The van der Waals surface area contributed by atoms with Crippen molar-refractivity contribution in [2.24, 2.45) is 11.7 Å². The number of carbonyl (C=O) groups excluding carboxylic acids is 1. The summed E-state index contributed by atoms with van der Waals surface area (Å²) in [5.41, 5.74) is 8.16. The molecule has 1 aliphatic heterocycles. The Kier molecular flexibility index (Phi) is 5.74. The van der Waals surface area contributed by atoms with Crippen LogP contribution >= 0.6 is 0 Å². The molecular weight excluding hydrogens is 304 g/mol. The van der Waals surface area contributed by atoms with Crippen LogP contribution in [0.5, 0.6) is 5.75 Å². The SMILES string of the molecule is Cc1ccc(CNC(=O)[C@@H]2CCC[C@@H](N)C2)c(O[C@H]2CCOC2)c1. The largest absolute Gasteiger partial charge is 0.488 e. The highest BCUT2D eigenvalue weighted by molar-refractivity contribution is 5.78. The number of ether oxygens (including phenoxy) is 2. The molecule has 132 valence electrons. The number of aryl methyl sites for hydroxylation is 1. The molecule has 0 radical (unpaired) electrons. The second-order valence-electron chi connectivity index (χ2n) is 7.06. The van der Waals surface area contributed by atoms with Crippen LogP contribution in [0.3, 0.4) is 0 Å². The average Bonchev–Trinajstić information content (AvgIpc) is 3.07. The van der Waals surface area contributed by atoms with E-state index in [1.807, 2.05) is 19.1 Å². The Morgan fingerprint density at radius 2 is 2.25 bits per heavy atom. The van der Waals surface area contributed by atoms with E-state index in [2.05, 4.69) is 11.4 Å². The molecule has 1 saturated heterocycles. The molecule has 0 spiro atoms. The number of rotatable bonds is 5. The van der Waals surface area contributed by atoms with Gasteiger partial charge in [-0.1, -0.05) is 18.6 Å². The van der Waals surface area contributed by atoms with Crippen molar-refractivity contribution in [1.29, 1.82) is 0 Å². The Morgan fingerprint density at radius 3 is 3.00 bits per heavy atom. The minimum absolute atomic E-state index is 0.0480. The molecule has 2 aliphatic rings. The molecule has 0 unspecified atom stereocenters. The van der Waals surface area contributed by atoms with E-state index in [9.17, 15) is 4.79 Å². The van der Waals surface area contributed by atoms with Crippen LogP contribution in [-0.4, -0.2) is 31.3 Å². The van der Waals surface area contributed by atoms with Gasteiger partial charge in [-0.15, -0.1) is 0 Å². The van der Waals surface area contributed by atoms with Gasteiger partial charge in [0.2, 0.25) is 5.91 Å². The van der Waals surface area contributed by atoms with Crippen LogP contribution in [0.4, 0.5) is 0 Å². The fourth-order valence-corrected chi connectivity index (χ4v) is 3.50. The van der Waals surface area contributed by atoms with Gasteiger partial charge in [0.15, 0.2) is 0 Å². The maximum Gasteiger partial charge on any atom is 0.223 e. The topological polar surface area (TPSA) is 73.6 Å². The summed E-state index contributed by atoms with van der Waals surface area (Å²) in [6, 6.07) is 6.29. The van der Waals surface area contributed by atoms with Crippen LogP contribution in [0, 0.1) is 12.8 Å². The van der Waals surface area contributed by atoms with E-state index in [0.29, 0.717) is 13.2 Å². The van der Waals surface area contributed by atoms with Crippen LogP contribution < -0.4 is 15.8 Å². The molecule has 3 rings (SSSR count). The zero-order valence-corrected chi connectivity index (χ0v) is 14.4. The molecule has 24 heavy (non-hydrogen) atoms. The second-order valence-corrected chi connectivity index (χ2v) is 7.06. The first-order chi connectivity index (χ1) is 11.6. The number of benzene rings is 1. The molecule has 5 nitrogen and oxygen atoms in total. The molecule has 2 fully saturated rings. The van der Waals surface area contributed by atoms with Gasteiger partial charge in [0.25, 0.3) is 0 Å². The monoisotopic (exact) mass is 332 g/mol. The second kappa shape index (κ2) is 7.99. The number of carbonyl (C=O) groups is 1. The van der Waals surface area contributed by atoms with Crippen LogP contribution in [0.25, 0.3) is 0 Å². The molecular formula is C19H28N2O3. The fraction of sp³-hybridized carbons (Fsp3) is 0.632. The quantitative estimate of drug-likeness (QED) is 0.868. The maximum absolute atomic E-state index is 12.4. The lowest BCUT2D eigenvalue weighted by Crippen LogP contribution is -2.37. The van der Waals surface area contributed by atoms with Crippen molar-refractivity contribution in [2.45, 2.75) is 57.7 Å². The highest BCUT2D eigenvalue weighted by Crippen LogP contribution is 2.25. The number of nitrogens with one attached hydrogen (secondary N) is 1. The lowest BCUT2D eigenvalue weighted by Gasteiger charge is -2.26. The first-order valence-electron chi connectivity index (χ1n) is 8.99. The molecule has 1 heterocycles. The summed E-state index contributed by atoms with van der Waals surface area (Å²) < 4.78 is 11.5. The van der Waals surface area contributed by atoms with Gasteiger partial charge in [-0.05, 0) is 37.8 Å². The number of hydrogen-bond donors (Lipinski definition) is 2. The highest BCUT2D eigenvalue weighted by Gasteiger charge is 2.25. The molecule has 0 aromatic heterocycles. The Labute approximate surface area is 143 Å². The molecule has 1 saturated carbocycles. The van der Waals surface area contributed by atoms with Crippen LogP contribution in [0.2, 0.25) is 0 Å². The zero-order valence-electron chi connectivity index (χ0n) is 14.4. The summed E-state index contributed by atoms with van der Waals surface area (Å²) in [6.07, 6.45) is 4.83. The van der Waals surface area contributed by atoms with Crippen molar-refractivity contribution in [3.8, 4) is 5.75 Å². The Bertz CT molecular complexity index is 570. The summed E-state index contributed by atoms with van der Waals surface area (Å²) in [5.74, 6) is 1.01. The summed E-state index contributed by atoms with van der Waals surface area (Å²) >= 11 is 0. The minimum atomic E-state index is 0.0480. The summed E-state index contributed by atoms with van der Waals surface area (Å²) in [7, 11) is 0. The van der Waals surface area contributed by atoms with Crippen LogP contribution in [-0.2, 0) is 16.1 Å². The predicted octanol–water partition coefficient (Wildman–Crippen LogP) is 2.30. The Balaban J connectivity index is 1.60. The highest BCUT2D eigenvalue weighted by atomic mass is 16.5. The van der Waals surface area contributed by atoms with Crippen molar-refractivity contribution >= 4 is 5.91 Å². The number of hydrogen-bond acceptors (Lipinski definition) is 4. The first kappa shape index (κ1) is 17.2. The first-order valence-corrected chi connectivity index (χ1v) is 8.99. The maximum atomic E-state index is 12.4. The minimum Gasteiger partial charge on any atom is -0.488 e. The van der Waals surface area contributed by atoms with E-state index in [0.717, 1.165) is 55.6 Å².